The molecule has 1 amide bonds. The number of furan rings is 1. The smallest absolute Gasteiger partial charge is 0.220 e. The van der Waals surface area contributed by atoms with Gasteiger partial charge in [0.15, 0.2) is 5.96 Å². The van der Waals surface area contributed by atoms with E-state index in [4.69, 9.17) is 9.41 Å². The largest absolute Gasteiger partial charge is 0.468 e. The van der Waals surface area contributed by atoms with E-state index < -0.39 is 0 Å². The highest BCUT2D eigenvalue weighted by Gasteiger charge is 2.25. The van der Waals surface area contributed by atoms with Gasteiger partial charge in [0.2, 0.25) is 5.91 Å². The van der Waals surface area contributed by atoms with Crippen molar-refractivity contribution in [1.82, 2.24) is 20.9 Å². The molecule has 27 heavy (non-hydrogen) atoms. The lowest BCUT2D eigenvalue weighted by molar-refractivity contribution is -0.121. The Hall–Kier alpha value is -2.02. The molecule has 0 aromatic carbocycles. The molecule has 7 heteroatoms. The van der Waals surface area contributed by atoms with Crippen molar-refractivity contribution in [3.8, 4) is 0 Å². The summed E-state index contributed by atoms with van der Waals surface area (Å²) in [6, 6.07) is 4.60. The summed E-state index contributed by atoms with van der Waals surface area (Å²) in [5, 5.41) is 9.66. The fraction of sp³-hybridized carbons (Fsp3) is 0.700. The molecule has 2 heterocycles. The second kappa shape index (κ2) is 10.3. The van der Waals surface area contributed by atoms with Crippen LogP contribution in [0.25, 0.3) is 0 Å². The highest BCUT2D eigenvalue weighted by molar-refractivity contribution is 5.80. The van der Waals surface area contributed by atoms with Gasteiger partial charge in [0.25, 0.3) is 0 Å². The topological polar surface area (TPSA) is 81.9 Å². The molecular formula is C20H33N5O2. The number of amides is 1. The van der Waals surface area contributed by atoms with Crippen molar-refractivity contribution in [2.75, 3.05) is 32.7 Å². The average molecular weight is 376 g/mol. The number of guanidine groups is 1. The van der Waals surface area contributed by atoms with E-state index >= 15 is 0 Å². The minimum Gasteiger partial charge on any atom is -0.468 e. The second-order valence-electron chi connectivity index (χ2n) is 7.37. The van der Waals surface area contributed by atoms with E-state index in [9.17, 15) is 4.79 Å². The molecule has 2 fully saturated rings. The van der Waals surface area contributed by atoms with Gasteiger partial charge in [-0.3, -0.25) is 14.7 Å². The van der Waals surface area contributed by atoms with Gasteiger partial charge in [-0.1, -0.05) is 0 Å². The number of nitrogens with zero attached hydrogens (tertiary/aromatic N) is 2. The zero-order chi connectivity index (χ0) is 18.9. The molecule has 3 rings (SSSR count). The summed E-state index contributed by atoms with van der Waals surface area (Å²) in [4.78, 5) is 19.0. The van der Waals surface area contributed by atoms with E-state index in [0.29, 0.717) is 19.0 Å². The van der Waals surface area contributed by atoms with Gasteiger partial charge >= 0.3 is 0 Å². The van der Waals surface area contributed by atoms with Crippen molar-refractivity contribution in [2.45, 2.75) is 57.5 Å². The van der Waals surface area contributed by atoms with Crippen LogP contribution in [-0.4, -0.2) is 55.5 Å². The van der Waals surface area contributed by atoms with Gasteiger partial charge in [-0.2, -0.15) is 0 Å². The van der Waals surface area contributed by atoms with Crippen molar-refractivity contribution < 1.29 is 9.21 Å². The van der Waals surface area contributed by atoms with Crippen LogP contribution in [0.15, 0.2) is 27.8 Å². The Morgan fingerprint density at radius 2 is 2.15 bits per heavy atom. The molecule has 1 atom stereocenters. The van der Waals surface area contributed by atoms with Crippen LogP contribution in [0.4, 0.5) is 0 Å². The summed E-state index contributed by atoms with van der Waals surface area (Å²) in [6.45, 7) is 6.46. The number of carbonyl (C=O) groups is 1. The predicted molar refractivity (Wildman–Crippen MR) is 107 cm³/mol. The monoisotopic (exact) mass is 375 g/mol. The maximum atomic E-state index is 11.8. The molecule has 150 valence electrons. The van der Waals surface area contributed by atoms with E-state index in [1.807, 2.05) is 12.1 Å². The minimum absolute atomic E-state index is 0.160. The summed E-state index contributed by atoms with van der Waals surface area (Å²) in [5.74, 6) is 1.94. The fourth-order valence-electron chi connectivity index (χ4n) is 3.42. The number of rotatable bonds is 10. The van der Waals surface area contributed by atoms with Gasteiger partial charge in [0.05, 0.1) is 18.8 Å². The summed E-state index contributed by atoms with van der Waals surface area (Å²) >= 11 is 0. The standard InChI is InChI=1S/C20H33N5O2/c1-2-21-20(22-11-5-8-19(26)24-16-9-10-16)23-15-17(18-7-6-14-27-18)25-12-3-4-13-25/h6-7,14,16-17H,2-5,8-13,15H2,1H3,(H,24,26)(H2,21,22,23). The second-order valence-corrected chi connectivity index (χ2v) is 7.37. The zero-order valence-corrected chi connectivity index (χ0v) is 16.4. The summed E-state index contributed by atoms with van der Waals surface area (Å²) in [5.41, 5.74) is 0. The van der Waals surface area contributed by atoms with Crippen LogP contribution in [0.5, 0.6) is 0 Å². The molecule has 1 aliphatic carbocycles. The first-order valence-electron chi connectivity index (χ1n) is 10.3. The SMILES string of the molecule is CCNC(=NCC(c1ccco1)N1CCCC1)NCCCC(=O)NC1CC1. The third-order valence-electron chi connectivity index (χ3n) is 5.04. The summed E-state index contributed by atoms with van der Waals surface area (Å²) in [7, 11) is 0. The van der Waals surface area contributed by atoms with E-state index in [1.54, 1.807) is 6.26 Å². The van der Waals surface area contributed by atoms with Crippen LogP contribution < -0.4 is 16.0 Å². The van der Waals surface area contributed by atoms with Crippen LogP contribution in [0.1, 0.15) is 57.3 Å². The first-order valence-corrected chi connectivity index (χ1v) is 10.3. The Morgan fingerprint density at radius 3 is 2.81 bits per heavy atom. The van der Waals surface area contributed by atoms with Gasteiger partial charge in [-0.15, -0.1) is 0 Å². The number of carbonyl (C=O) groups excluding carboxylic acids is 1. The lowest BCUT2D eigenvalue weighted by atomic mass is 10.2. The number of nitrogens with one attached hydrogen (secondary N) is 3. The lowest BCUT2D eigenvalue weighted by Gasteiger charge is -2.24. The van der Waals surface area contributed by atoms with Gasteiger partial charge in [0.1, 0.15) is 5.76 Å². The van der Waals surface area contributed by atoms with E-state index in [1.165, 1.54) is 12.8 Å². The van der Waals surface area contributed by atoms with Gasteiger partial charge < -0.3 is 20.4 Å². The first-order chi connectivity index (χ1) is 13.3. The first kappa shape index (κ1) is 19.7. The molecule has 0 spiro atoms. The van der Waals surface area contributed by atoms with E-state index in [-0.39, 0.29) is 11.9 Å². The molecule has 1 aromatic rings. The molecule has 1 aromatic heterocycles. The highest BCUT2D eigenvalue weighted by Crippen LogP contribution is 2.25. The maximum Gasteiger partial charge on any atom is 0.220 e. The molecule has 0 radical (unpaired) electrons. The van der Waals surface area contributed by atoms with Crippen molar-refractivity contribution in [3.63, 3.8) is 0 Å². The molecule has 1 saturated carbocycles. The van der Waals surface area contributed by atoms with Crippen LogP contribution in [0.2, 0.25) is 0 Å². The molecule has 7 nitrogen and oxygen atoms in total. The highest BCUT2D eigenvalue weighted by atomic mass is 16.3. The summed E-state index contributed by atoms with van der Waals surface area (Å²) < 4.78 is 5.67. The van der Waals surface area contributed by atoms with Gasteiger partial charge in [0, 0.05) is 25.6 Å². The lowest BCUT2D eigenvalue weighted by Crippen LogP contribution is -2.39. The molecule has 1 unspecified atom stereocenters. The minimum atomic E-state index is 0.160. The van der Waals surface area contributed by atoms with E-state index in [2.05, 4.69) is 27.8 Å². The average Bonchev–Trinajstić information content (AvgIpc) is 3.13. The number of aliphatic imine (C=N–C) groups is 1. The Balaban J connectivity index is 1.47. The maximum absolute atomic E-state index is 11.8. The van der Waals surface area contributed by atoms with Gasteiger partial charge in [-0.05, 0) is 64.3 Å². The molecule has 1 saturated heterocycles. The Bertz CT molecular complexity index is 592. The number of hydrogen-bond acceptors (Lipinski definition) is 4. The van der Waals surface area contributed by atoms with Crippen LogP contribution in [0.3, 0.4) is 0 Å². The van der Waals surface area contributed by atoms with E-state index in [0.717, 1.165) is 57.2 Å². The van der Waals surface area contributed by atoms with Crippen LogP contribution in [-0.2, 0) is 4.79 Å². The molecule has 2 aliphatic rings. The summed E-state index contributed by atoms with van der Waals surface area (Å²) in [6.07, 6.45) is 7.84. The van der Waals surface area contributed by atoms with Crippen molar-refractivity contribution in [2.24, 2.45) is 4.99 Å². The molecule has 0 bridgehead atoms. The number of hydrogen-bond donors (Lipinski definition) is 3. The fourth-order valence-corrected chi connectivity index (χ4v) is 3.42. The third kappa shape index (κ3) is 6.57. The Morgan fingerprint density at radius 1 is 1.33 bits per heavy atom. The molecule has 1 aliphatic heterocycles. The van der Waals surface area contributed by atoms with Gasteiger partial charge in [-0.25, -0.2) is 0 Å². The molecule has 3 N–H and O–H groups in total. The van der Waals surface area contributed by atoms with Crippen molar-refractivity contribution in [3.05, 3.63) is 24.2 Å². The zero-order valence-electron chi connectivity index (χ0n) is 16.4. The number of likely N-dealkylation sites (tertiary alicyclic amines) is 1. The quantitative estimate of drug-likeness (QED) is 0.331. The van der Waals surface area contributed by atoms with Crippen molar-refractivity contribution in [1.29, 1.82) is 0 Å². The van der Waals surface area contributed by atoms with Crippen LogP contribution >= 0.6 is 0 Å². The normalized spacial score (nSPS) is 19.1. The molecular weight excluding hydrogens is 342 g/mol. The van der Waals surface area contributed by atoms with Crippen LogP contribution in [0, 0.1) is 0 Å². The predicted octanol–water partition coefficient (Wildman–Crippen LogP) is 2.03. The Labute approximate surface area is 162 Å². The Kier molecular flexibility index (Phi) is 7.56. The van der Waals surface area contributed by atoms with Crippen molar-refractivity contribution >= 4 is 11.9 Å². The third-order valence-corrected chi connectivity index (χ3v) is 5.04.